The fourth-order valence-corrected chi connectivity index (χ4v) is 3.55. The Kier molecular flexibility index (Phi) is 6.92. The van der Waals surface area contributed by atoms with Crippen LogP contribution in [0.15, 0.2) is 40.5 Å². The van der Waals surface area contributed by atoms with Crippen molar-refractivity contribution >= 4 is 21.7 Å². The number of hydrogen-bond donors (Lipinski definition) is 1. The maximum atomic E-state index is 13.3. The van der Waals surface area contributed by atoms with Gasteiger partial charge >= 0.3 is 12.1 Å². The molecule has 12 heteroatoms. The van der Waals surface area contributed by atoms with Crippen molar-refractivity contribution in [2.45, 2.75) is 33.1 Å². The molecule has 1 aliphatic heterocycles. The topological polar surface area (TPSA) is 88.1 Å². The number of esters is 1. The van der Waals surface area contributed by atoms with Crippen LogP contribution >= 0.6 is 0 Å². The molecule has 1 heterocycles. The highest BCUT2D eigenvalue weighted by Crippen LogP contribution is 2.30. The number of halogens is 4. The molecule has 30 heavy (non-hydrogen) atoms. The molecule has 0 aliphatic carbocycles. The number of carbonyl (C=O) groups excluding carboxylic acids is 1. The smallest absolute Gasteiger partial charge is 0.454 e. The molecule has 0 saturated carbocycles. The Morgan fingerprint density at radius 1 is 1.27 bits per heavy atom. The molecule has 7 nitrogen and oxygen atoms in total. The van der Waals surface area contributed by atoms with Gasteiger partial charge in [0, 0.05) is 16.8 Å². The first-order valence-corrected chi connectivity index (χ1v) is 10.7. The summed E-state index contributed by atoms with van der Waals surface area (Å²) in [4.78, 5) is 17.9. The standard InChI is InChI=1S/C18H21F4N3O4S/c1-10(2)16-14(9-29-17(26)18(20,21)22)15(12-5-7-13(19)8-6-12)23-11(3)25(16)24-30(4,27)28/h5-8,10-11,24H,9H2,1-4H3. The van der Waals surface area contributed by atoms with E-state index in [1.807, 2.05) is 0 Å². The maximum absolute atomic E-state index is 13.3. The molecule has 0 fully saturated rings. The van der Waals surface area contributed by atoms with Crippen molar-refractivity contribution in [2.24, 2.45) is 10.9 Å². The molecule has 1 N–H and O–H groups in total. The van der Waals surface area contributed by atoms with Crippen molar-refractivity contribution in [1.82, 2.24) is 9.84 Å². The van der Waals surface area contributed by atoms with Gasteiger partial charge in [-0.25, -0.2) is 17.6 Å². The summed E-state index contributed by atoms with van der Waals surface area (Å²) in [6.07, 6.45) is -5.06. The summed E-state index contributed by atoms with van der Waals surface area (Å²) in [5.74, 6) is -3.31. The number of hydrazine groups is 1. The number of aliphatic imine (C=N–C) groups is 1. The van der Waals surface area contributed by atoms with E-state index in [9.17, 15) is 30.8 Å². The molecule has 0 amide bonds. The Morgan fingerprint density at radius 2 is 1.83 bits per heavy atom. The van der Waals surface area contributed by atoms with Gasteiger partial charge in [-0.3, -0.25) is 10.0 Å². The van der Waals surface area contributed by atoms with E-state index in [1.165, 1.54) is 17.1 Å². The van der Waals surface area contributed by atoms with Gasteiger partial charge in [0.1, 0.15) is 18.6 Å². The van der Waals surface area contributed by atoms with Crippen molar-refractivity contribution in [3.63, 3.8) is 0 Å². The lowest BCUT2D eigenvalue weighted by molar-refractivity contribution is -0.198. The third kappa shape index (κ3) is 5.79. The largest absolute Gasteiger partial charge is 0.490 e. The number of nitrogens with zero attached hydrogens (tertiary/aromatic N) is 2. The quantitative estimate of drug-likeness (QED) is 0.531. The number of allylic oxidation sites excluding steroid dienone is 1. The Morgan fingerprint density at radius 3 is 2.30 bits per heavy atom. The first kappa shape index (κ1) is 23.8. The van der Waals surface area contributed by atoms with E-state index in [2.05, 4.69) is 14.6 Å². The molecule has 0 spiro atoms. The van der Waals surface area contributed by atoms with Crippen LogP contribution in [0.4, 0.5) is 17.6 Å². The normalized spacial score (nSPS) is 18.0. The van der Waals surface area contributed by atoms with Gasteiger partial charge in [-0.05, 0) is 37.1 Å². The van der Waals surface area contributed by atoms with E-state index in [1.54, 1.807) is 20.8 Å². The van der Waals surface area contributed by atoms with E-state index >= 15 is 0 Å². The lowest BCUT2D eigenvalue weighted by Crippen LogP contribution is -2.50. The van der Waals surface area contributed by atoms with Gasteiger partial charge in [-0.1, -0.05) is 13.8 Å². The van der Waals surface area contributed by atoms with Crippen LogP contribution in [0.3, 0.4) is 0 Å². The van der Waals surface area contributed by atoms with Crippen molar-refractivity contribution in [3.05, 3.63) is 46.9 Å². The Labute approximate surface area is 171 Å². The van der Waals surface area contributed by atoms with E-state index < -0.39 is 46.7 Å². The van der Waals surface area contributed by atoms with E-state index in [4.69, 9.17) is 0 Å². The van der Waals surface area contributed by atoms with Crippen LogP contribution in [0.2, 0.25) is 0 Å². The molecular formula is C18H21F4N3O4S. The van der Waals surface area contributed by atoms with Crippen LogP contribution in [-0.4, -0.2) is 50.3 Å². The molecule has 1 unspecified atom stereocenters. The second-order valence-corrected chi connectivity index (χ2v) is 8.67. The van der Waals surface area contributed by atoms with Crippen molar-refractivity contribution in [2.75, 3.05) is 12.9 Å². The number of rotatable bonds is 6. The summed E-state index contributed by atoms with van der Waals surface area (Å²) in [7, 11) is -3.75. The zero-order valence-corrected chi connectivity index (χ0v) is 17.4. The minimum absolute atomic E-state index is 0.0726. The predicted molar refractivity (Wildman–Crippen MR) is 101 cm³/mol. The van der Waals surface area contributed by atoms with Gasteiger partial charge in [0.05, 0.1) is 12.0 Å². The molecule has 0 saturated heterocycles. The highest BCUT2D eigenvalue weighted by atomic mass is 32.2. The first-order valence-electron chi connectivity index (χ1n) is 8.78. The number of nitrogens with one attached hydrogen (secondary N) is 1. The van der Waals surface area contributed by atoms with Crippen LogP contribution in [-0.2, 0) is 19.6 Å². The highest BCUT2D eigenvalue weighted by Gasteiger charge is 2.42. The highest BCUT2D eigenvalue weighted by molar-refractivity contribution is 7.88. The van der Waals surface area contributed by atoms with E-state index in [0.29, 0.717) is 5.56 Å². The van der Waals surface area contributed by atoms with Crippen molar-refractivity contribution in [3.8, 4) is 0 Å². The van der Waals surface area contributed by atoms with Crippen LogP contribution in [0.5, 0.6) is 0 Å². The lowest BCUT2D eigenvalue weighted by atomic mass is 9.94. The fourth-order valence-electron chi connectivity index (χ4n) is 2.94. The van der Waals surface area contributed by atoms with Gasteiger partial charge < -0.3 is 4.74 Å². The monoisotopic (exact) mass is 451 g/mol. The molecule has 0 bridgehead atoms. The van der Waals surface area contributed by atoms with Gasteiger partial charge in [0.15, 0.2) is 0 Å². The van der Waals surface area contributed by atoms with Gasteiger partial charge in [0.2, 0.25) is 10.0 Å². The van der Waals surface area contributed by atoms with Gasteiger partial charge in [0.25, 0.3) is 0 Å². The Balaban J connectivity index is 2.60. The first-order chi connectivity index (χ1) is 13.7. The molecule has 1 atom stereocenters. The lowest BCUT2D eigenvalue weighted by Gasteiger charge is -2.38. The number of carbonyl (C=O) groups is 1. The summed E-state index contributed by atoms with van der Waals surface area (Å²) in [5, 5.41) is 1.20. The molecule has 1 aliphatic rings. The van der Waals surface area contributed by atoms with E-state index in [0.717, 1.165) is 18.4 Å². The second kappa shape index (κ2) is 8.72. The molecular weight excluding hydrogens is 430 g/mol. The molecule has 0 aromatic heterocycles. The number of sulfonamides is 1. The number of benzene rings is 1. The summed E-state index contributed by atoms with van der Waals surface area (Å²) in [6.45, 7) is 4.15. The predicted octanol–water partition coefficient (Wildman–Crippen LogP) is 2.76. The van der Waals surface area contributed by atoms with Crippen molar-refractivity contribution < 1.29 is 35.5 Å². The zero-order chi connectivity index (χ0) is 22.9. The fraction of sp³-hybridized carbons (Fsp3) is 0.444. The van der Waals surface area contributed by atoms with E-state index in [-0.39, 0.29) is 17.0 Å². The van der Waals surface area contributed by atoms with Crippen LogP contribution in [0, 0.1) is 11.7 Å². The summed E-state index contributed by atoms with van der Waals surface area (Å²) < 4.78 is 79.2. The third-order valence-electron chi connectivity index (χ3n) is 4.05. The maximum Gasteiger partial charge on any atom is 0.490 e. The summed E-state index contributed by atoms with van der Waals surface area (Å²) >= 11 is 0. The summed E-state index contributed by atoms with van der Waals surface area (Å²) in [6, 6.07) is 5.06. The molecule has 0 radical (unpaired) electrons. The number of hydrogen-bond acceptors (Lipinski definition) is 6. The van der Waals surface area contributed by atoms with Gasteiger partial charge in [-0.2, -0.15) is 13.2 Å². The Hall–Kier alpha value is -2.47. The zero-order valence-electron chi connectivity index (χ0n) is 16.6. The minimum atomic E-state index is -5.20. The molecule has 1 aromatic rings. The number of ether oxygens (including phenoxy) is 1. The Bertz CT molecular complexity index is 970. The average Bonchev–Trinajstić information content (AvgIpc) is 2.60. The van der Waals surface area contributed by atoms with Crippen LogP contribution in [0.1, 0.15) is 26.3 Å². The van der Waals surface area contributed by atoms with Crippen molar-refractivity contribution in [1.29, 1.82) is 0 Å². The molecule has 2 rings (SSSR count). The summed E-state index contributed by atoms with van der Waals surface area (Å²) in [5.41, 5.74) is 0.895. The minimum Gasteiger partial charge on any atom is -0.454 e. The van der Waals surface area contributed by atoms with Gasteiger partial charge in [-0.15, -0.1) is 4.83 Å². The van der Waals surface area contributed by atoms with Crippen LogP contribution in [0.25, 0.3) is 0 Å². The molecule has 166 valence electrons. The number of alkyl halides is 3. The second-order valence-electron chi connectivity index (χ2n) is 6.94. The SMILES string of the molecule is CC(C)C1=C(COC(=O)C(F)(F)F)C(c2ccc(F)cc2)=NC(C)N1NS(C)(=O)=O. The average molecular weight is 451 g/mol. The third-order valence-corrected chi connectivity index (χ3v) is 4.58. The van der Waals surface area contributed by atoms with Crippen LogP contribution < -0.4 is 4.83 Å². The molecule has 1 aromatic carbocycles.